The van der Waals surface area contributed by atoms with Crippen LogP contribution in [0, 0.1) is 0 Å². The first kappa shape index (κ1) is 48.5. The molecule has 292 valence electrons. The summed E-state index contributed by atoms with van der Waals surface area (Å²) >= 11 is 0. The van der Waals surface area contributed by atoms with E-state index in [9.17, 15) is 19.3 Å². The van der Waals surface area contributed by atoms with Gasteiger partial charge in [-0.15, -0.1) is 0 Å². The molecule has 0 spiro atoms. The highest BCUT2D eigenvalue weighted by Gasteiger charge is 2.22. The van der Waals surface area contributed by atoms with Crippen molar-refractivity contribution < 1.29 is 43.0 Å². The first-order valence-corrected chi connectivity index (χ1v) is 20.9. The van der Waals surface area contributed by atoms with Crippen LogP contribution in [0.25, 0.3) is 0 Å². The molecule has 9 nitrogen and oxygen atoms in total. The predicted molar refractivity (Wildman–Crippen MR) is 208 cm³/mol. The Morgan fingerprint density at radius 3 is 1.82 bits per heavy atom. The van der Waals surface area contributed by atoms with Crippen molar-refractivity contribution in [3.63, 3.8) is 0 Å². The third-order valence-electron chi connectivity index (χ3n) is 7.81. The molecule has 0 radical (unpaired) electrons. The summed E-state index contributed by atoms with van der Waals surface area (Å²) in [6, 6.07) is 0. The molecule has 0 heterocycles. The van der Waals surface area contributed by atoms with Gasteiger partial charge in [-0.05, 0) is 70.6 Å². The van der Waals surface area contributed by atoms with Crippen LogP contribution in [0.1, 0.15) is 149 Å². The number of phosphoric ester groups is 1. The fraction of sp³-hybridized carbons (Fsp3) is 0.659. The van der Waals surface area contributed by atoms with Gasteiger partial charge >= 0.3 is 19.8 Å². The SMILES string of the molecule is CCCCC/C=C\C/C=C\CC(O)/C=C\C=C\CCCC(=O)O[C@H](COC(=O)CCCCCCC/C=C\C=C/CCCCCC)COP(=O)(O)O. The first-order valence-electron chi connectivity index (χ1n) is 19.4. The highest BCUT2D eigenvalue weighted by molar-refractivity contribution is 7.46. The lowest BCUT2D eigenvalue weighted by atomic mass is 10.1. The van der Waals surface area contributed by atoms with Crippen molar-refractivity contribution in [3.05, 3.63) is 72.9 Å². The second-order valence-corrected chi connectivity index (χ2v) is 14.0. The van der Waals surface area contributed by atoms with Crippen LogP contribution in [0.5, 0.6) is 0 Å². The number of carbonyl (C=O) groups excluding carboxylic acids is 2. The topological polar surface area (TPSA) is 140 Å². The van der Waals surface area contributed by atoms with Gasteiger partial charge in [-0.25, -0.2) is 4.57 Å². The molecule has 0 aromatic carbocycles. The van der Waals surface area contributed by atoms with E-state index in [1.165, 1.54) is 44.9 Å². The molecule has 0 aromatic rings. The number of rotatable bonds is 34. The highest BCUT2D eigenvalue weighted by atomic mass is 31.2. The third kappa shape index (κ3) is 38.5. The van der Waals surface area contributed by atoms with E-state index in [2.05, 4.69) is 54.8 Å². The Morgan fingerprint density at radius 2 is 1.14 bits per heavy atom. The molecule has 0 aliphatic carbocycles. The Balaban J connectivity index is 4.20. The zero-order valence-electron chi connectivity index (χ0n) is 31.6. The minimum atomic E-state index is -4.80. The van der Waals surface area contributed by atoms with Crippen LogP contribution in [0.3, 0.4) is 0 Å². The van der Waals surface area contributed by atoms with E-state index in [-0.39, 0.29) is 19.4 Å². The Bertz CT molecular complexity index is 1070. The average Bonchev–Trinajstić information content (AvgIpc) is 3.09. The maximum atomic E-state index is 12.4. The minimum Gasteiger partial charge on any atom is -0.462 e. The fourth-order valence-corrected chi connectivity index (χ4v) is 5.21. The number of hydrogen-bond acceptors (Lipinski definition) is 7. The molecule has 10 heteroatoms. The summed E-state index contributed by atoms with van der Waals surface area (Å²) in [5.74, 6) is -1.04. The summed E-state index contributed by atoms with van der Waals surface area (Å²) in [6.45, 7) is 3.48. The van der Waals surface area contributed by atoms with Crippen molar-refractivity contribution in [2.75, 3.05) is 13.2 Å². The van der Waals surface area contributed by atoms with Crippen molar-refractivity contribution in [3.8, 4) is 0 Å². The summed E-state index contributed by atoms with van der Waals surface area (Å²) in [6.07, 6.45) is 42.2. The molecule has 0 aliphatic heterocycles. The molecule has 0 saturated heterocycles. The Hall–Kier alpha value is -2.55. The van der Waals surface area contributed by atoms with Gasteiger partial charge in [0.05, 0.1) is 12.7 Å². The van der Waals surface area contributed by atoms with Crippen LogP contribution >= 0.6 is 7.82 Å². The summed E-state index contributed by atoms with van der Waals surface area (Å²) in [5.41, 5.74) is 0. The quantitative estimate of drug-likeness (QED) is 0.0194. The maximum Gasteiger partial charge on any atom is 0.469 e. The van der Waals surface area contributed by atoms with E-state index in [0.29, 0.717) is 25.7 Å². The molecular formula is C41H69O9P. The van der Waals surface area contributed by atoms with Crippen LogP contribution in [0.2, 0.25) is 0 Å². The van der Waals surface area contributed by atoms with E-state index in [0.717, 1.165) is 51.4 Å². The smallest absolute Gasteiger partial charge is 0.462 e. The van der Waals surface area contributed by atoms with E-state index < -0.39 is 38.6 Å². The molecule has 0 rings (SSSR count). The number of hydrogen-bond donors (Lipinski definition) is 3. The zero-order valence-corrected chi connectivity index (χ0v) is 32.5. The number of carbonyl (C=O) groups is 2. The molecule has 51 heavy (non-hydrogen) atoms. The van der Waals surface area contributed by atoms with E-state index >= 15 is 0 Å². The van der Waals surface area contributed by atoms with Gasteiger partial charge in [0.2, 0.25) is 0 Å². The van der Waals surface area contributed by atoms with Crippen LogP contribution < -0.4 is 0 Å². The zero-order chi connectivity index (χ0) is 37.7. The van der Waals surface area contributed by atoms with E-state index in [4.69, 9.17) is 19.3 Å². The number of allylic oxidation sites excluding steroid dienone is 10. The predicted octanol–water partition coefficient (Wildman–Crippen LogP) is 10.5. The second-order valence-electron chi connectivity index (χ2n) is 12.8. The standard InChI is InChI=1S/C41H69O9P/c1-3-5-7-9-11-13-14-15-16-17-18-20-22-26-30-34-40(43)48-36-39(37-49-51(45,46)47)50-41(44)35-31-27-23-25-29-33-38(42)32-28-24-21-19-12-10-8-6-4-2/h12-16,19,23-25,28-29,33,38-39,42H,3-11,17-18,20-22,26-27,30-32,34-37H2,1-2H3,(H2,45,46,47)/b14-13-,16-15-,19-12-,25-23+,28-24-,33-29-/t38?,39-/m1/s1. The third-order valence-corrected chi connectivity index (χ3v) is 8.29. The molecule has 1 unspecified atom stereocenters. The summed E-state index contributed by atoms with van der Waals surface area (Å²) < 4.78 is 26.2. The number of aliphatic hydroxyl groups excluding tert-OH is 1. The molecule has 0 aromatic heterocycles. The van der Waals surface area contributed by atoms with Gasteiger partial charge in [-0.2, -0.15) is 0 Å². The second kappa shape index (κ2) is 35.8. The molecule has 0 bridgehead atoms. The number of phosphoric acid groups is 1. The number of aliphatic hydroxyl groups is 1. The lowest BCUT2D eigenvalue weighted by molar-refractivity contribution is -0.161. The highest BCUT2D eigenvalue weighted by Crippen LogP contribution is 2.36. The minimum absolute atomic E-state index is 0.0699. The van der Waals surface area contributed by atoms with Gasteiger partial charge in [0.25, 0.3) is 0 Å². The van der Waals surface area contributed by atoms with Crippen molar-refractivity contribution in [1.29, 1.82) is 0 Å². The lowest BCUT2D eigenvalue weighted by Crippen LogP contribution is -2.29. The molecule has 2 atom stereocenters. The van der Waals surface area contributed by atoms with Gasteiger partial charge in [-0.3, -0.25) is 14.1 Å². The van der Waals surface area contributed by atoms with Crippen molar-refractivity contribution in [1.82, 2.24) is 0 Å². The molecule has 0 amide bonds. The van der Waals surface area contributed by atoms with Crippen molar-refractivity contribution >= 4 is 19.8 Å². The van der Waals surface area contributed by atoms with Gasteiger partial charge in [-0.1, -0.05) is 138 Å². The Labute approximate surface area is 309 Å². The van der Waals surface area contributed by atoms with Gasteiger partial charge in [0.1, 0.15) is 6.61 Å². The molecule has 3 N–H and O–H groups in total. The molecular weight excluding hydrogens is 667 g/mol. The number of esters is 2. The van der Waals surface area contributed by atoms with Crippen molar-refractivity contribution in [2.45, 2.75) is 161 Å². The number of ether oxygens (including phenoxy) is 2. The monoisotopic (exact) mass is 736 g/mol. The van der Waals surface area contributed by atoms with Crippen LogP contribution in [0.4, 0.5) is 0 Å². The lowest BCUT2D eigenvalue weighted by Gasteiger charge is -2.18. The molecule has 0 fully saturated rings. The first-order chi connectivity index (χ1) is 24.7. The Kier molecular flexibility index (Phi) is 34.0. The van der Waals surface area contributed by atoms with Gasteiger partial charge < -0.3 is 24.4 Å². The molecule has 0 aliphatic rings. The normalized spacial score (nSPS) is 13.9. The van der Waals surface area contributed by atoms with Gasteiger partial charge in [0, 0.05) is 12.8 Å². The van der Waals surface area contributed by atoms with Crippen LogP contribution in [-0.4, -0.2) is 52.3 Å². The molecule has 0 saturated carbocycles. The van der Waals surface area contributed by atoms with Crippen LogP contribution in [-0.2, 0) is 28.2 Å². The van der Waals surface area contributed by atoms with Crippen LogP contribution in [0.15, 0.2) is 72.9 Å². The summed E-state index contributed by atoms with van der Waals surface area (Å²) in [5, 5.41) is 10.1. The van der Waals surface area contributed by atoms with Gasteiger partial charge in [0.15, 0.2) is 6.10 Å². The van der Waals surface area contributed by atoms with E-state index in [1.54, 1.807) is 18.2 Å². The van der Waals surface area contributed by atoms with Crippen molar-refractivity contribution in [2.24, 2.45) is 0 Å². The maximum absolute atomic E-state index is 12.4. The largest absolute Gasteiger partial charge is 0.469 e. The van der Waals surface area contributed by atoms with E-state index in [1.807, 2.05) is 18.2 Å². The summed E-state index contributed by atoms with van der Waals surface area (Å²) in [4.78, 5) is 42.7. The Morgan fingerprint density at radius 1 is 0.608 bits per heavy atom. The average molecular weight is 737 g/mol. The fourth-order valence-electron chi connectivity index (χ4n) is 4.85. The summed E-state index contributed by atoms with van der Waals surface area (Å²) in [7, 11) is -4.80. The number of unbranched alkanes of at least 4 members (excludes halogenated alkanes) is 13.